The van der Waals surface area contributed by atoms with Crippen LogP contribution in [0.5, 0.6) is 0 Å². The Hall–Kier alpha value is 0.0700. The van der Waals surface area contributed by atoms with Crippen molar-refractivity contribution in [3.05, 3.63) is 0 Å². The minimum atomic E-state index is -4.83. The van der Waals surface area contributed by atoms with Crippen molar-refractivity contribution in [2.75, 3.05) is 32.7 Å². The van der Waals surface area contributed by atoms with E-state index in [2.05, 4.69) is 25.5 Å². The molecule has 0 fully saturated rings. The Bertz CT molecular complexity index is 635. The van der Waals surface area contributed by atoms with E-state index in [1.807, 2.05) is 0 Å². The van der Waals surface area contributed by atoms with E-state index in [4.69, 9.17) is 27.0 Å². The van der Waals surface area contributed by atoms with Gasteiger partial charge >= 0.3 is 37.4 Å². The van der Waals surface area contributed by atoms with Crippen LogP contribution in [0.25, 0.3) is 0 Å². The molecule has 0 aromatic heterocycles. The molecule has 0 radical (unpaired) electrons. The van der Waals surface area contributed by atoms with Crippen LogP contribution in [0.2, 0.25) is 0 Å². The predicted octanol–water partition coefficient (Wildman–Crippen LogP) is -4.16. The Labute approximate surface area is 252 Å². The van der Waals surface area contributed by atoms with Gasteiger partial charge in [-0.25, -0.2) is 4.57 Å². The van der Waals surface area contributed by atoms with Crippen LogP contribution in [0, 0.1) is 0 Å². The van der Waals surface area contributed by atoms with Crippen LogP contribution in [0.4, 0.5) is 0 Å². The SMILES string of the molecule is Cl.Cl.Cl.NCCCNCCCCNC(=O)C(O)NC(=O)CC(CCCCN=C(N)N)OP(=O)(O)O.[Na+]. The van der Waals surface area contributed by atoms with Crippen molar-refractivity contribution < 1.29 is 63.1 Å². The van der Waals surface area contributed by atoms with Crippen molar-refractivity contribution in [3.63, 3.8) is 0 Å². The summed E-state index contributed by atoms with van der Waals surface area (Å²) in [6, 6.07) is 0. The molecule has 2 unspecified atom stereocenters. The fourth-order valence-corrected chi connectivity index (χ4v) is 3.17. The van der Waals surface area contributed by atoms with E-state index in [1.54, 1.807) is 0 Å². The second-order valence-electron chi connectivity index (χ2n) is 7.08. The third-order valence-corrected chi connectivity index (χ3v) is 4.68. The molecule has 14 nitrogen and oxygen atoms in total. The van der Waals surface area contributed by atoms with Crippen LogP contribution in [0.1, 0.15) is 44.9 Å². The van der Waals surface area contributed by atoms with Gasteiger partial charge in [-0.2, -0.15) is 0 Å². The first kappa shape index (κ1) is 46.0. The molecule has 0 rings (SSSR count). The molecule has 0 saturated carbocycles. The summed E-state index contributed by atoms with van der Waals surface area (Å²) in [6.45, 7) is 2.88. The molecule has 2 atom stereocenters. The number of nitrogens with zero attached hydrogens (tertiary/aromatic N) is 1. The van der Waals surface area contributed by atoms with Gasteiger partial charge < -0.3 is 48.0 Å². The van der Waals surface area contributed by atoms with E-state index in [-0.39, 0.29) is 79.2 Å². The monoisotopic (exact) mass is 614 g/mol. The van der Waals surface area contributed by atoms with E-state index < -0.39 is 38.4 Å². The van der Waals surface area contributed by atoms with Crippen molar-refractivity contribution >= 4 is 62.8 Å². The molecule has 212 valence electrons. The Balaban J connectivity index is -0.000000801. The van der Waals surface area contributed by atoms with Gasteiger partial charge in [0.25, 0.3) is 5.91 Å². The smallest absolute Gasteiger partial charge is 0.370 e. The van der Waals surface area contributed by atoms with Crippen molar-refractivity contribution in [1.29, 1.82) is 0 Å². The Morgan fingerprint density at radius 3 is 2.11 bits per heavy atom. The summed E-state index contributed by atoms with van der Waals surface area (Å²) < 4.78 is 15.8. The van der Waals surface area contributed by atoms with Gasteiger partial charge in [0.1, 0.15) is 0 Å². The van der Waals surface area contributed by atoms with Crippen LogP contribution in [-0.2, 0) is 18.7 Å². The number of halogens is 3. The number of carbonyl (C=O) groups excluding carboxylic acids is 2. The number of rotatable bonds is 19. The second kappa shape index (κ2) is 28.1. The van der Waals surface area contributed by atoms with E-state index in [9.17, 15) is 19.3 Å². The molecule has 0 saturated heterocycles. The number of aliphatic imine (C=N–C) groups is 1. The molecule has 0 aliphatic heterocycles. The number of phosphoric acid groups is 1. The van der Waals surface area contributed by atoms with Gasteiger partial charge in [-0.05, 0) is 58.2 Å². The van der Waals surface area contributed by atoms with Gasteiger partial charge in [0, 0.05) is 13.1 Å². The number of amides is 2. The van der Waals surface area contributed by atoms with E-state index in [0.717, 1.165) is 25.9 Å². The maximum absolute atomic E-state index is 12.1. The summed E-state index contributed by atoms with van der Waals surface area (Å²) in [6.07, 6.45) is 0.109. The number of aliphatic hydroxyl groups is 1. The number of unbranched alkanes of at least 4 members (excludes halogenated alkanes) is 2. The molecular weight excluding hydrogens is 575 g/mol. The summed E-state index contributed by atoms with van der Waals surface area (Å²) in [5.41, 5.74) is 15.8. The van der Waals surface area contributed by atoms with Gasteiger partial charge in [0.05, 0.1) is 12.5 Å². The molecule has 2 amide bonds. The zero-order chi connectivity index (χ0) is 24.4. The Kier molecular flexibility index (Phi) is 35.9. The number of aliphatic hydroxyl groups excluding tert-OH is 1. The van der Waals surface area contributed by atoms with E-state index in [0.29, 0.717) is 38.9 Å². The molecular formula is C17H41Cl3N7NaO7P+. The number of phosphoric ester groups is 1. The normalized spacial score (nSPS) is 11.8. The molecule has 0 bridgehead atoms. The van der Waals surface area contributed by atoms with Crippen LogP contribution in [0.3, 0.4) is 0 Å². The number of hydrogen-bond acceptors (Lipinski definition) is 8. The third kappa shape index (κ3) is 30.3. The number of carbonyl (C=O) groups is 2. The van der Waals surface area contributed by atoms with Crippen LogP contribution in [0.15, 0.2) is 4.99 Å². The first-order valence-corrected chi connectivity index (χ1v) is 12.0. The van der Waals surface area contributed by atoms with Crippen LogP contribution >= 0.6 is 45.0 Å². The molecule has 12 N–H and O–H groups in total. The van der Waals surface area contributed by atoms with Gasteiger partial charge in [-0.15, -0.1) is 37.2 Å². The zero-order valence-electron chi connectivity index (χ0n) is 20.5. The molecule has 0 aromatic carbocycles. The zero-order valence-corrected chi connectivity index (χ0v) is 25.8. The maximum atomic E-state index is 12.1. The van der Waals surface area contributed by atoms with Gasteiger partial charge in [0.15, 0.2) is 5.96 Å². The first-order chi connectivity index (χ1) is 15.0. The molecule has 0 heterocycles. The molecule has 19 heteroatoms. The maximum Gasteiger partial charge on any atom is 1.00 e. The predicted molar refractivity (Wildman–Crippen MR) is 141 cm³/mol. The van der Waals surface area contributed by atoms with Crippen molar-refractivity contribution in [3.8, 4) is 0 Å². The van der Waals surface area contributed by atoms with Gasteiger partial charge in [0.2, 0.25) is 12.1 Å². The summed E-state index contributed by atoms with van der Waals surface area (Å²) in [4.78, 5) is 45.8. The average molecular weight is 616 g/mol. The Morgan fingerprint density at radius 2 is 1.56 bits per heavy atom. The molecule has 0 aromatic rings. The summed E-state index contributed by atoms with van der Waals surface area (Å²) in [7, 11) is -4.83. The quantitative estimate of drug-likeness (QED) is 0.0168. The van der Waals surface area contributed by atoms with E-state index >= 15 is 0 Å². The standard InChI is InChI=1S/C17H38N7O7P.3ClH.Na/c18-7-5-9-21-8-3-4-10-22-15(26)16(27)24-14(25)12-13(31-32(28,29)30)6-1-2-11-23-17(19)20;;;;/h13,16,21,27H,1-12,18H2,(H,22,26)(H,24,25)(H4,19,20,23)(H2,28,29,30);3*1H;/q;;;;+1. The number of nitrogens with two attached hydrogens (primary N) is 3. The van der Waals surface area contributed by atoms with E-state index in [1.165, 1.54) is 0 Å². The van der Waals surface area contributed by atoms with Gasteiger partial charge in [-0.1, -0.05) is 0 Å². The summed E-state index contributed by atoms with van der Waals surface area (Å²) in [5, 5.41) is 17.6. The first-order valence-electron chi connectivity index (χ1n) is 10.5. The van der Waals surface area contributed by atoms with Crippen molar-refractivity contribution in [2.24, 2.45) is 22.2 Å². The minimum Gasteiger partial charge on any atom is -0.370 e. The number of hydrogen-bond donors (Lipinski definition) is 9. The average Bonchev–Trinajstić information content (AvgIpc) is 2.67. The van der Waals surface area contributed by atoms with Crippen molar-refractivity contribution in [2.45, 2.75) is 57.3 Å². The number of guanidine groups is 1. The van der Waals surface area contributed by atoms with Crippen LogP contribution in [-0.4, -0.2) is 77.7 Å². The molecule has 0 aliphatic carbocycles. The fourth-order valence-electron chi connectivity index (χ4n) is 2.60. The van der Waals surface area contributed by atoms with Crippen molar-refractivity contribution in [1.82, 2.24) is 16.0 Å². The largest absolute Gasteiger partial charge is 1.00 e. The summed E-state index contributed by atoms with van der Waals surface area (Å²) in [5.74, 6) is -1.64. The molecule has 0 spiro atoms. The van der Waals surface area contributed by atoms with Gasteiger partial charge in [-0.3, -0.25) is 19.1 Å². The number of nitrogens with one attached hydrogen (secondary N) is 3. The second-order valence-corrected chi connectivity index (χ2v) is 8.28. The topological polar surface area (TPSA) is 248 Å². The molecule has 0 aliphatic rings. The summed E-state index contributed by atoms with van der Waals surface area (Å²) >= 11 is 0. The third-order valence-electron chi connectivity index (χ3n) is 4.11. The fraction of sp³-hybridized carbons (Fsp3) is 0.824. The van der Waals surface area contributed by atoms with Crippen LogP contribution < -0.4 is 62.7 Å². The molecule has 36 heavy (non-hydrogen) atoms. The minimum absolute atomic E-state index is 0. The Morgan fingerprint density at radius 1 is 0.972 bits per heavy atom.